The number of rotatable bonds is 4. The lowest BCUT2D eigenvalue weighted by Gasteiger charge is -2.02. The van der Waals surface area contributed by atoms with Crippen LogP contribution in [-0.4, -0.2) is 17.0 Å². The van der Waals surface area contributed by atoms with Gasteiger partial charge in [0.2, 0.25) is 0 Å². The summed E-state index contributed by atoms with van der Waals surface area (Å²) < 4.78 is 0.900. The van der Waals surface area contributed by atoms with Gasteiger partial charge in [0.1, 0.15) is 0 Å². The van der Waals surface area contributed by atoms with Gasteiger partial charge in [0.25, 0.3) is 11.6 Å². The van der Waals surface area contributed by atoms with Crippen molar-refractivity contribution in [3.8, 4) is 0 Å². The first-order valence-corrected chi connectivity index (χ1v) is 7.10. The minimum atomic E-state index is -0.517. The number of halogens is 1. The van der Waals surface area contributed by atoms with Gasteiger partial charge in [0.15, 0.2) is 0 Å². The summed E-state index contributed by atoms with van der Waals surface area (Å²) in [4.78, 5) is 22.3. The van der Waals surface area contributed by atoms with Crippen LogP contribution in [0.4, 0.5) is 5.69 Å². The molecule has 112 valence electrons. The molecule has 7 heteroatoms. The van der Waals surface area contributed by atoms with E-state index in [1.807, 2.05) is 24.3 Å². The zero-order valence-electron chi connectivity index (χ0n) is 11.6. The number of aryl methyl sites for hydroxylation is 1. The Morgan fingerprint density at radius 1 is 1.32 bits per heavy atom. The number of amides is 1. The molecule has 0 bridgehead atoms. The summed E-state index contributed by atoms with van der Waals surface area (Å²) in [5.41, 5.74) is 3.74. The highest BCUT2D eigenvalue weighted by molar-refractivity contribution is 9.10. The standard InChI is InChI=1S/C15H12BrN3O3/c1-10-5-6-12(8-14(10)19(21)22)15(20)18-17-9-11-3-2-4-13(16)7-11/h2-9H,1H3,(H,18,20). The lowest BCUT2D eigenvalue weighted by atomic mass is 10.1. The Labute approximate surface area is 135 Å². The van der Waals surface area contributed by atoms with Gasteiger partial charge in [-0.3, -0.25) is 14.9 Å². The molecule has 0 saturated carbocycles. The fourth-order valence-electron chi connectivity index (χ4n) is 1.76. The molecular weight excluding hydrogens is 350 g/mol. The van der Waals surface area contributed by atoms with E-state index < -0.39 is 10.8 Å². The molecule has 0 saturated heterocycles. The molecule has 0 aliphatic heterocycles. The van der Waals surface area contributed by atoms with E-state index in [1.54, 1.807) is 6.92 Å². The van der Waals surface area contributed by atoms with Gasteiger partial charge in [-0.05, 0) is 30.7 Å². The fraction of sp³-hybridized carbons (Fsp3) is 0.0667. The van der Waals surface area contributed by atoms with Crippen LogP contribution < -0.4 is 5.43 Å². The Morgan fingerprint density at radius 2 is 2.09 bits per heavy atom. The van der Waals surface area contributed by atoms with Crippen molar-refractivity contribution in [3.05, 3.63) is 73.7 Å². The second-order valence-electron chi connectivity index (χ2n) is 4.51. The van der Waals surface area contributed by atoms with E-state index in [2.05, 4.69) is 26.5 Å². The van der Waals surface area contributed by atoms with Gasteiger partial charge in [-0.2, -0.15) is 5.10 Å². The van der Waals surface area contributed by atoms with Crippen molar-refractivity contribution >= 4 is 33.7 Å². The normalized spacial score (nSPS) is 10.6. The third-order valence-electron chi connectivity index (χ3n) is 2.90. The molecule has 0 atom stereocenters. The summed E-state index contributed by atoms with van der Waals surface area (Å²) in [7, 11) is 0. The van der Waals surface area contributed by atoms with Gasteiger partial charge in [-0.25, -0.2) is 5.43 Å². The SMILES string of the molecule is Cc1ccc(C(=O)NN=Cc2cccc(Br)c2)cc1[N+](=O)[O-]. The molecule has 0 aliphatic carbocycles. The van der Waals surface area contributed by atoms with Gasteiger partial charge in [0.05, 0.1) is 11.1 Å². The summed E-state index contributed by atoms with van der Waals surface area (Å²) in [6, 6.07) is 11.7. The molecule has 6 nitrogen and oxygen atoms in total. The first-order valence-electron chi connectivity index (χ1n) is 6.31. The predicted octanol–water partition coefficient (Wildman–Crippen LogP) is 3.43. The Morgan fingerprint density at radius 3 is 2.77 bits per heavy atom. The maximum atomic E-state index is 11.9. The number of nitro groups is 1. The van der Waals surface area contributed by atoms with Crippen LogP contribution in [0.1, 0.15) is 21.5 Å². The molecule has 2 aromatic rings. The van der Waals surface area contributed by atoms with Crippen molar-refractivity contribution in [2.45, 2.75) is 6.92 Å². The van der Waals surface area contributed by atoms with E-state index in [0.717, 1.165) is 10.0 Å². The predicted molar refractivity (Wildman–Crippen MR) is 87.0 cm³/mol. The first kappa shape index (κ1) is 15.8. The molecule has 1 amide bonds. The number of carbonyl (C=O) groups excluding carboxylic acids is 1. The van der Waals surface area contributed by atoms with Crippen LogP contribution in [0.15, 0.2) is 52.0 Å². The molecule has 0 aromatic heterocycles. The number of nitrogens with zero attached hydrogens (tertiary/aromatic N) is 2. The molecule has 0 unspecified atom stereocenters. The molecular formula is C15H12BrN3O3. The zero-order valence-corrected chi connectivity index (χ0v) is 13.2. The van der Waals surface area contributed by atoms with E-state index in [4.69, 9.17) is 0 Å². The summed E-state index contributed by atoms with van der Waals surface area (Å²) >= 11 is 3.34. The Bertz CT molecular complexity index is 759. The molecule has 0 heterocycles. The van der Waals surface area contributed by atoms with Gasteiger partial charge in [-0.15, -0.1) is 0 Å². The summed E-state index contributed by atoms with van der Waals surface area (Å²) in [6.45, 7) is 1.62. The highest BCUT2D eigenvalue weighted by Crippen LogP contribution is 2.19. The van der Waals surface area contributed by atoms with E-state index in [1.165, 1.54) is 24.4 Å². The summed E-state index contributed by atoms with van der Waals surface area (Å²) in [5, 5.41) is 14.7. The van der Waals surface area contributed by atoms with Crippen molar-refractivity contribution in [1.29, 1.82) is 0 Å². The molecule has 2 rings (SSSR count). The van der Waals surface area contributed by atoms with Crippen molar-refractivity contribution in [2.24, 2.45) is 5.10 Å². The highest BCUT2D eigenvalue weighted by Gasteiger charge is 2.14. The second-order valence-corrected chi connectivity index (χ2v) is 5.43. The number of carbonyl (C=O) groups is 1. The summed E-state index contributed by atoms with van der Waals surface area (Å²) in [5.74, 6) is -0.505. The minimum Gasteiger partial charge on any atom is -0.267 e. The van der Waals surface area contributed by atoms with Crippen LogP contribution in [-0.2, 0) is 0 Å². The molecule has 0 fully saturated rings. The fourth-order valence-corrected chi connectivity index (χ4v) is 2.18. The summed E-state index contributed by atoms with van der Waals surface area (Å²) in [6.07, 6.45) is 1.49. The molecule has 0 radical (unpaired) electrons. The van der Waals surface area contributed by atoms with Gasteiger partial charge in [0, 0.05) is 21.7 Å². The number of nitro benzene ring substituents is 1. The van der Waals surface area contributed by atoms with Crippen molar-refractivity contribution in [3.63, 3.8) is 0 Å². The Kier molecular flexibility index (Phi) is 5.00. The largest absolute Gasteiger partial charge is 0.273 e. The van der Waals surface area contributed by atoms with Crippen LogP contribution in [0.2, 0.25) is 0 Å². The Balaban J connectivity index is 2.09. The molecule has 2 aromatic carbocycles. The third kappa shape index (κ3) is 3.98. The van der Waals surface area contributed by atoms with Crippen molar-refractivity contribution < 1.29 is 9.72 Å². The number of hydrogen-bond acceptors (Lipinski definition) is 4. The first-order chi connectivity index (χ1) is 10.5. The lowest BCUT2D eigenvalue weighted by Crippen LogP contribution is -2.17. The maximum Gasteiger partial charge on any atom is 0.273 e. The lowest BCUT2D eigenvalue weighted by molar-refractivity contribution is -0.385. The zero-order chi connectivity index (χ0) is 16.1. The quantitative estimate of drug-likeness (QED) is 0.514. The van der Waals surface area contributed by atoms with Gasteiger partial charge < -0.3 is 0 Å². The average molecular weight is 362 g/mol. The molecule has 0 aliphatic rings. The third-order valence-corrected chi connectivity index (χ3v) is 3.39. The molecule has 0 spiro atoms. The number of hydrazone groups is 1. The Hall–Kier alpha value is -2.54. The maximum absolute atomic E-state index is 11.9. The number of nitrogens with one attached hydrogen (secondary N) is 1. The average Bonchev–Trinajstić information content (AvgIpc) is 2.47. The van der Waals surface area contributed by atoms with E-state index in [-0.39, 0.29) is 11.3 Å². The number of hydrogen-bond donors (Lipinski definition) is 1. The van der Waals surface area contributed by atoms with Crippen LogP contribution in [0, 0.1) is 17.0 Å². The topological polar surface area (TPSA) is 84.6 Å². The van der Waals surface area contributed by atoms with Crippen LogP contribution >= 0.6 is 15.9 Å². The smallest absolute Gasteiger partial charge is 0.267 e. The second kappa shape index (κ2) is 6.95. The van der Waals surface area contributed by atoms with E-state index in [9.17, 15) is 14.9 Å². The number of benzene rings is 2. The van der Waals surface area contributed by atoms with Gasteiger partial charge >= 0.3 is 0 Å². The monoisotopic (exact) mass is 361 g/mol. The van der Waals surface area contributed by atoms with E-state index in [0.29, 0.717) is 5.56 Å². The van der Waals surface area contributed by atoms with Crippen LogP contribution in [0.5, 0.6) is 0 Å². The van der Waals surface area contributed by atoms with Crippen molar-refractivity contribution in [1.82, 2.24) is 5.43 Å². The van der Waals surface area contributed by atoms with Crippen molar-refractivity contribution in [2.75, 3.05) is 0 Å². The molecule has 22 heavy (non-hydrogen) atoms. The van der Waals surface area contributed by atoms with Gasteiger partial charge in [-0.1, -0.05) is 34.1 Å². The highest BCUT2D eigenvalue weighted by atomic mass is 79.9. The van der Waals surface area contributed by atoms with Crippen LogP contribution in [0.25, 0.3) is 0 Å². The van der Waals surface area contributed by atoms with E-state index >= 15 is 0 Å². The minimum absolute atomic E-state index is 0.0939. The van der Waals surface area contributed by atoms with Crippen LogP contribution in [0.3, 0.4) is 0 Å². The molecule has 1 N–H and O–H groups in total.